The van der Waals surface area contributed by atoms with Gasteiger partial charge in [0.1, 0.15) is 25.1 Å². The van der Waals surface area contributed by atoms with Crippen molar-refractivity contribution in [2.75, 3.05) is 30.5 Å². The summed E-state index contributed by atoms with van der Waals surface area (Å²) in [5, 5.41) is 7.44. The van der Waals surface area contributed by atoms with Crippen molar-refractivity contribution in [3.05, 3.63) is 72.6 Å². The highest BCUT2D eigenvalue weighted by Crippen LogP contribution is 2.34. The molecule has 26 heavy (non-hydrogen) atoms. The van der Waals surface area contributed by atoms with E-state index >= 15 is 0 Å². The number of nitrogens with one attached hydrogen (secondary N) is 2. The topological polar surface area (TPSA) is 66.9 Å². The van der Waals surface area contributed by atoms with E-state index in [0.29, 0.717) is 5.82 Å². The molecule has 1 heterocycles. The molecule has 5 nitrogen and oxygen atoms in total. The summed E-state index contributed by atoms with van der Waals surface area (Å²) in [4.78, 5) is 8.51. The molecule has 0 radical (unpaired) electrons. The fraction of sp³-hybridized carbons (Fsp3) is 0.200. The fourth-order valence-electron chi connectivity index (χ4n) is 2.55. The first-order chi connectivity index (χ1) is 12.5. The van der Waals surface area contributed by atoms with E-state index in [4.69, 9.17) is 0 Å². The van der Waals surface area contributed by atoms with E-state index in [-0.39, 0.29) is 0 Å². The third-order valence-corrected chi connectivity index (χ3v) is 5.53. The molecule has 0 amide bonds. The molecule has 1 aromatic heterocycles. The molecule has 0 fully saturated rings. The van der Waals surface area contributed by atoms with Gasteiger partial charge < -0.3 is 15.2 Å². The van der Waals surface area contributed by atoms with E-state index in [1.54, 1.807) is 13.3 Å². The van der Waals surface area contributed by atoms with Gasteiger partial charge in [-0.05, 0) is 49.6 Å². The van der Waals surface area contributed by atoms with Crippen molar-refractivity contribution < 1.29 is 4.57 Å². The summed E-state index contributed by atoms with van der Waals surface area (Å²) in [5.74, 6) is 1.49. The van der Waals surface area contributed by atoms with Crippen LogP contribution in [-0.2, 0) is 11.0 Å². The molecular weight excluding hydrogens is 343 g/mol. The quantitative estimate of drug-likeness (QED) is 0.616. The van der Waals surface area contributed by atoms with E-state index in [9.17, 15) is 4.57 Å². The summed E-state index contributed by atoms with van der Waals surface area (Å²) in [6.45, 7) is 4.35. The number of nitrogens with zero attached hydrogens (tertiary/aromatic N) is 2. The molecule has 6 heteroatoms. The predicted molar refractivity (Wildman–Crippen MR) is 109 cm³/mol. The maximum atomic E-state index is 12.1. The average Bonchev–Trinajstić information content (AvgIpc) is 2.63. The largest absolute Gasteiger partial charge is 0.370 e. The fourth-order valence-corrected chi connectivity index (χ4v) is 3.42. The van der Waals surface area contributed by atoms with E-state index in [1.165, 1.54) is 11.9 Å². The molecule has 2 aromatic carbocycles. The Kier molecular flexibility index (Phi) is 5.69. The molecule has 3 aromatic rings. The van der Waals surface area contributed by atoms with Crippen LogP contribution in [0.25, 0.3) is 0 Å². The molecule has 0 unspecified atom stereocenters. The molecule has 0 saturated carbocycles. The van der Waals surface area contributed by atoms with Crippen LogP contribution in [0, 0.1) is 0 Å². The maximum Gasteiger partial charge on any atom is 0.135 e. The van der Waals surface area contributed by atoms with Crippen LogP contribution in [0.2, 0.25) is 0 Å². The summed E-state index contributed by atoms with van der Waals surface area (Å²) in [6.07, 6.45) is 2.47. The second kappa shape index (κ2) is 8.15. The van der Waals surface area contributed by atoms with Crippen molar-refractivity contribution in [3.8, 4) is 0 Å². The Bertz CT molecular complexity index is 891. The Labute approximate surface area is 154 Å². The summed E-state index contributed by atoms with van der Waals surface area (Å²) in [5.41, 5.74) is 2.19. The predicted octanol–water partition coefficient (Wildman–Crippen LogP) is 4.12. The molecule has 0 atom stereocenters. The first kappa shape index (κ1) is 18.2. The summed E-state index contributed by atoms with van der Waals surface area (Å²) >= 11 is 0. The highest BCUT2D eigenvalue weighted by atomic mass is 31.2. The van der Waals surface area contributed by atoms with E-state index in [0.717, 1.165) is 29.8 Å². The van der Waals surface area contributed by atoms with Gasteiger partial charge in [0.05, 0.1) is 0 Å². The average molecular weight is 366 g/mol. The number of hydrogen-bond donors (Lipinski definition) is 2. The molecule has 3 rings (SSSR count). The standard InChI is InChI=1S/C20H23N4OP/c1-26(2,25)18-10-8-17(9-11-18)24-20-14-19(22-15-23-20)21-13-12-16-6-4-3-5-7-16/h3-11,14-15H,12-13H2,1-2H3,(H2,21,22,23,24). The zero-order valence-electron chi connectivity index (χ0n) is 15.0. The van der Waals surface area contributed by atoms with Crippen LogP contribution >= 0.6 is 7.14 Å². The lowest BCUT2D eigenvalue weighted by atomic mass is 10.1. The lowest BCUT2D eigenvalue weighted by Crippen LogP contribution is -2.07. The van der Waals surface area contributed by atoms with Crippen molar-refractivity contribution >= 4 is 29.8 Å². The van der Waals surface area contributed by atoms with Gasteiger partial charge in [-0.2, -0.15) is 0 Å². The minimum Gasteiger partial charge on any atom is -0.370 e. The van der Waals surface area contributed by atoms with Crippen LogP contribution in [0.3, 0.4) is 0 Å². The summed E-state index contributed by atoms with van der Waals surface area (Å²) in [6, 6.07) is 19.8. The normalized spacial score (nSPS) is 11.2. The van der Waals surface area contributed by atoms with Crippen molar-refractivity contribution in [1.29, 1.82) is 0 Å². The molecule has 0 bridgehead atoms. The lowest BCUT2D eigenvalue weighted by Gasteiger charge is -2.10. The molecule has 2 N–H and O–H groups in total. The number of hydrogen-bond acceptors (Lipinski definition) is 5. The molecule has 0 aliphatic carbocycles. The Morgan fingerprint density at radius 2 is 1.62 bits per heavy atom. The van der Waals surface area contributed by atoms with Gasteiger partial charge in [0.2, 0.25) is 0 Å². The third kappa shape index (κ3) is 5.17. The molecule has 0 aliphatic rings. The van der Waals surface area contributed by atoms with Crippen LogP contribution in [0.4, 0.5) is 17.3 Å². The van der Waals surface area contributed by atoms with Gasteiger partial charge in [-0.25, -0.2) is 9.97 Å². The first-order valence-corrected chi connectivity index (χ1v) is 11.1. The van der Waals surface area contributed by atoms with Crippen molar-refractivity contribution in [3.63, 3.8) is 0 Å². The first-order valence-electron chi connectivity index (χ1n) is 8.53. The highest BCUT2D eigenvalue weighted by molar-refractivity contribution is 7.70. The van der Waals surface area contributed by atoms with Crippen molar-refractivity contribution in [2.45, 2.75) is 6.42 Å². The Balaban J connectivity index is 1.59. The van der Waals surface area contributed by atoms with Gasteiger partial charge in [0.25, 0.3) is 0 Å². The van der Waals surface area contributed by atoms with Gasteiger partial charge >= 0.3 is 0 Å². The molecule has 134 valence electrons. The van der Waals surface area contributed by atoms with Gasteiger partial charge in [0.15, 0.2) is 0 Å². The minimum absolute atomic E-state index is 0.714. The highest BCUT2D eigenvalue weighted by Gasteiger charge is 2.10. The molecule has 0 aliphatic heterocycles. The van der Waals surface area contributed by atoms with Crippen LogP contribution < -0.4 is 15.9 Å². The number of benzene rings is 2. The Morgan fingerprint density at radius 1 is 0.923 bits per heavy atom. The zero-order valence-corrected chi connectivity index (χ0v) is 15.9. The smallest absolute Gasteiger partial charge is 0.135 e. The number of rotatable bonds is 7. The second-order valence-corrected chi connectivity index (χ2v) is 9.69. The van der Waals surface area contributed by atoms with Crippen molar-refractivity contribution in [1.82, 2.24) is 9.97 Å². The van der Waals surface area contributed by atoms with Crippen LogP contribution in [0.1, 0.15) is 5.56 Å². The zero-order chi connectivity index (χ0) is 18.4. The van der Waals surface area contributed by atoms with Crippen LogP contribution in [0.5, 0.6) is 0 Å². The van der Waals surface area contributed by atoms with Gasteiger partial charge in [-0.15, -0.1) is 0 Å². The second-order valence-electron chi connectivity index (χ2n) is 6.47. The van der Waals surface area contributed by atoms with Crippen LogP contribution in [-0.4, -0.2) is 29.8 Å². The van der Waals surface area contributed by atoms with E-state index in [1.807, 2.05) is 48.5 Å². The Morgan fingerprint density at radius 3 is 2.31 bits per heavy atom. The third-order valence-electron chi connectivity index (χ3n) is 3.99. The van der Waals surface area contributed by atoms with Gasteiger partial charge in [-0.1, -0.05) is 30.3 Å². The molecule has 0 saturated heterocycles. The lowest BCUT2D eigenvalue weighted by molar-refractivity contribution is 0.588. The Hall–Kier alpha value is -2.65. The van der Waals surface area contributed by atoms with Gasteiger partial charge in [-0.3, -0.25) is 0 Å². The monoisotopic (exact) mass is 366 g/mol. The van der Waals surface area contributed by atoms with E-state index < -0.39 is 7.14 Å². The summed E-state index contributed by atoms with van der Waals surface area (Å²) < 4.78 is 12.1. The van der Waals surface area contributed by atoms with E-state index in [2.05, 4.69) is 32.7 Å². The minimum atomic E-state index is -2.23. The van der Waals surface area contributed by atoms with Crippen molar-refractivity contribution in [2.24, 2.45) is 0 Å². The number of anilines is 3. The number of aromatic nitrogens is 2. The molecular formula is C20H23N4OP. The van der Waals surface area contributed by atoms with Gasteiger partial charge in [0, 0.05) is 23.6 Å². The maximum absolute atomic E-state index is 12.1. The SMILES string of the molecule is CP(C)(=O)c1ccc(Nc2cc(NCCc3ccccc3)ncn2)cc1. The summed E-state index contributed by atoms with van der Waals surface area (Å²) in [7, 11) is -2.23. The molecule has 0 spiro atoms. The van der Waals surface area contributed by atoms with Crippen LogP contribution in [0.15, 0.2) is 67.0 Å².